The number of H-pyrrole nitrogens is 1. The monoisotopic (exact) mass is 464 g/mol. The Balaban J connectivity index is 1.58. The maximum atomic E-state index is 12.7. The van der Waals surface area contributed by atoms with Gasteiger partial charge in [-0.25, -0.2) is 4.68 Å². The van der Waals surface area contributed by atoms with E-state index in [1.165, 1.54) is 9.20 Å². The van der Waals surface area contributed by atoms with Gasteiger partial charge in [0.1, 0.15) is 18.0 Å². The van der Waals surface area contributed by atoms with Crippen molar-refractivity contribution in [3.05, 3.63) is 79.5 Å². The summed E-state index contributed by atoms with van der Waals surface area (Å²) in [7, 11) is 1.60. The third-order valence-corrected chi connectivity index (χ3v) is 5.68. The van der Waals surface area contributed by atoms with Gasteiger partial charge in [0.15, 0.2) is 0 Å². The highest BCUT2D eigenvalue weighted by Crippen LogP contribution is 2.22. The molecule has 33 heavy (non-hydrogen) atoms. The number of nitrogens with one attached hydrogen (secondary N) is 2. The van der Waals surface area contributed by atoms with Crippen molar-refractivity contribution in [2.24, 2.45) is 0 Å². The van der Waals surface area contributed by atoms with Crippen molar-refractivity contribution in [2.75, 3.05) is 12.4 Å². The smallest absolute Gasteiger partial charge is 0.274 e. The van der Waals surface area contributed by atoms with Crippen LogP contribution in [-0.4, -0.2) is 37.4 Å². The van der Waals surface area contributed by atoms with Gasteiger partial charge in [0.2, 0.25) is 10.7 Å². The largest absolute Gasteiger partial charge is 0.497 e. The summed E-state index contributed by atoms with van der Waals surface area (Å²) in [6.45, 7) is 5.80. The minimum absolute atomic E-state index is 0.106. The molecule has 2 heterocycles. The van der Waals surface area contributed by atoms with E-state index in [2.05, 4.69) is 20.5 Å². The number of hydrogen-bond acceptors (Lipinski definition) is 6. The fourth-order valence-electron chi connectivity index (χ4n) is 3.75. The van der Waals surface area contributed by atoms with Crippen molar-refractivity contribution in [2.45, 2.75) is 33.7 Å². The normalized spacial score (nSPS) is 11.0. The van der Waals surface area contributed by atoms with E-state index in [0.29, 0.717) is 12.1 Å². The van der Waals surface area contributed by atoms with Gasteiger partial charge < -0.3 is 10.1 Å². The molecule has 4 rings (SSSR count). The number of carbonyl (C=O) groups excluding carboxylic acids is 1. The summed E-state index contributed by atoms with van der Waals surface area (Å²) in [5.41, 5.74) is 4.69. The van der Waals surface area contributed by atoms with E-state index in [1.54, 1.807) is 7.11 Å². The van der Waals surface area contributed by atoms with Crippen LogP contribution in [0.4, 0.5) is 5.69 Å². The predicted octanol–water partition coefficient (Wildman–Crippen LogP) is 3.11. The maximum Gasteiger partial charge on any atom is 0.274 e. The molecule has 0 bridgehead atoms. The lowest BCUT2D eigenvalue weighted by Gasteiger charge is -2.12. The lowest BCUT2D eigenvalue weighted by Crippen LogP contribution is -2.21. The first-order chi connectivity index (χ1) is 15.7. The molecule has 0 unspecified atom stereocenters. The van der Waals surface area contributed by atoms with E-state index in [-0.39, 0.29) is 28.6 Å². The number of methoxy groups -OCH3 is 1. The number of fused-ring (bicyclic) bond motifs is 1. The first-order valence-corrected chi connectivity index (χ1v) is 10.8. The quantitative estimate of drug-likeness (QED) is 0.425. The topological polar surface area (TPSA) is 106 Å². The van der Waals surface area contributed by atoms with Crippen molar-refractivity contribution in [3.8, 4) is 5.75 Å². The molecular weight excluding hydrogens is 440 g/mol. The van der Waals surface area contributed by atoms with Gasteiger partial charge in [0.05, 0.1) is 7.11 Å². The van der Waals surface area contributed by atoms with Crippen LogP contribution in [-0.2, 0) is 17.8 Å². The molecule has 2 N–H and O–H groups in total. The third kappa shape index (κ3) is 4.70. The van der Waals surface area contributed by atoms with Gasteiger partial charge in [-0.15, -0.1) is 5.10 Å². The van der Waals surface area contributed by atoms with E-state index in [0.717, 1.165) is 33.7 Å². The van der Waals surface area contributed by atoms with Crippen LogP contribution in [0.1, 0.15) is 27.9 Å². The minimum atomic E-state index is -0.360. The fraction of sp³-hybridized carbons (Fsp3) is 0.261. The number of carbonyl (C=O) groups is 1. The molecule has 2 aromatic heterocycles. The van der Waals surface area contributed by atoms with E-state index < -0.39 is 0 Å². The second-order valence-corrected chi connectivity index (χ2v) is 8.29. The fourth-order valence-corrected chi connectivity index (χ4v) is 3.99. The minimum Gasteiger partial charge on any atom is -0.497 e. The van der Waals surface area contributed by atoms with E-state index in [1.807, 2.05) is 57.2 Å². The van der Waals surface area contributed by atoms with E-state index >= 15 is 0 Å². The Kier molecular flexibility index (Phi) is 6.10. The van der Waals surface area contributed by atoms with Gasteiger partial charge in [0, 0.05) is 12.1 Å². The molecule has 0 spiro atoms. The van der Waals surface area contributed by atoms with E-state index in [4.69, 9.17) is 17.0 Å². The van der Waals surface area contributed by atoms with Crippen LogP contribution < -0.4 is 15.6 Å². The molecule has 9 nitrogen and oxygen atoms in total. The van der Waals surface area contributed by atoms with Gasteiger partial charge in [-0.1, -0.05) is 29.8 Å². The van der Waals surface area contributed by atoms with Gasteiger partial charge in [-0.3, -0.25) is 14.6 Å². The van der Waals surface area contributed by atoms with Crippen LogP contribution in [0.25, 0.3) is 5.78 Å². The number of hydrogen-bond donors (Lipinski definition) is 2. The van der Waals surface area contributed by atoms with Crippen molar-refractivity contribution in [3.63, 3.8) is 0 Å². The van der Waals surface area contributed by atoms with Crippen molar-refractivity contribution in [1.82, 2.24) is 24.4 Å². The Morgan fingerprint density at radius 3 is 2.42 bits per heavy atom. The number of ether oxygens (including phenoxy) is 1. The summed E-state index contributed by atoms with van der Waals surface area (Å²) in [6, 6.07) is 11.4. The lowest BCUT2D eigenvalue weighted by molar-refractivity contribution is -0.116. The molecule has 0 radical (unpaired) electrons. The molecule has 170 valence electrons. The number of anilines is 1. The molecule has 2 aromatic carbocycles. The molecule has 0 atom stereocenters. The number of nitrogens with zero attached hydrogens (tertiary/aromatic N) is 4. The van der Waals surface area contributed by atoms with Crippen molar-refractivity contribution in [1.29, 1.82) is 0 Å². The number of rotatable bonds is 6. The van der Waals surface area contributed by atoms with Gasteiger partial charge >= 0.3 is 0 Å². The van der Waals surface area contributed by atoms with Crippen molar-refractivity contribution >= 4 is 29.6 Å². The highest BCUT2D eigenvalue weighted by molar-refractivity contribution is 7.71. The molecule has 0 fully saturated rings. The second-order valence-electron chi connectivity index (χ2n) is 7.92. The Morgan fingerprint density at radius 1 is 1.12 bits per heavy atom. The number of benzene rings is 2. The molecule has 10 heteroatoms. The zero-order valence-corrected chi connectivity index (χ0v) is 19.6. The standard InChI is InChI=1S/C23H24N6O3S/c1-13-9-14(2)20(15(3)10-13)24-19(30)12-28-23(33)29-22(27-28)25-21(31)18(26-29)11-16-5-7-17(32-4)8-6-16/h5-10H,11-12H2,1-4H3,(H,24,30)(H,25,27,31). The Labute approximate surface area is 195 Å². The highest BCUT2D eigenvalue weighted by atomic mass is 32.1. The summed E-state index contributed by atoms with van der Waals surface area (Å²) in [5.74, 6) is 0.637. The molecule has 0 saturated heterocycles. The predicted molar refractivity (Wildman–Crippen MR) is 128 cm³/mol. The SMILES string of the molecule is COc1ccc(Cc2nn3c(=S)n(CC(=O)Nc4c(C)cc(C)cc4C)nc3[nH]c2=O)cc1. The van der Waals surface area contributed by atoms with Gasteiger partial charge in [0.25, 0.3) is 11.3 Å². The third-order valence-electron chi connectivity index (χ3n) is 5.29. The van der Waals surface area contributed by atoms with Crippen LogP contribution in [0.15, 0.2) is 41.2 Å². The second kappa shape index (κ2) is 8.99. The van der Waals surface area contributed by atoms with Crippen LogP contribution in [0.3, 0.4) is 0 Å². The molecule has 0 aliphatic carbocycles. The van der Waals surface area contributed by atoms with Crippen LogP contribution in [0.2, 0.25) is 0 Å². The molecule has 1 amide bonds. The molecule has 0 aliphatic rings. The zero-order chi connectivity index (χ0) is 23.7. The Hall–Kier alpha value is -3.79. The van der Waals surface area contributed by atoms with Crippen LogP contribution in [0.5, 0.6) is 5.75 Å². The Bertz CT molecular complexity index is 1440. The number of aryl methyl sites for hydroxylation is 3. The molecule has 0 saturated carbocycles. The summed E-state index contributed by atoms with van der Waals surface area (Å²) < 4.78 is 8.09. The first-order valence-electron chi connectivity index (χ1n) is 10.3. The summed E-state index contributed by atoms with van der Waals surface area (Å²) >= 11 is 5.46. The summed E-state index contributed by atoms with van der Waals surface area (Å²) in [4.78, 5) is 27.9. The average molecular weight is 465 g/mol. The van der Waals surface area contributed by atoms with Gasteiger partial charge in [-0.2, -0.15) is 9.61 Å². The van der Waals surface area contributed by atoms with Crippen LogP contribution in [0, 0.1) is 25.5 Å². The van der Waals surface area contributed by atoms with Crippen molar-refractivity contribution < 1.29 is 9.53 Å². The number of aromatic amines is 1. The summed E-state index contributed by atoms with van der Waals surface area (Å²) in [5, 5.41) is 11.6. The molecule has 4 aromatic rings. The maximum absolute atomic E-state index is 12.7. The number of amides is 1. The first kappa shape index (κ1) is 22.4. The van der Waals surface area contributed by atoms with E-state index in [9.17, 15) is 9.59 Å². The molecular formula is C23H24N6O3S. The zero-order valence-electron chi connectivity index (χ0n) is 18.8. The van der Waals surface area contributed by atoms with Crippen LogP contribution >= 0.6 is 12.2 Å². The highest BCUT2D eigenvalue weighted by Gasteiger charge is 2.14. The lowest BCUT2D eigenvalue weighted by atomic mass is 10.1. The van der Waals surface area contributed by atoms with Gasteiger partial charge in [-0.05, 0) is 61.8 Å². The summed E-state index contributed by atoms with van der Waals surface area (Å²) in [6.07, 6.45) is 0.314. The molecule has 0 aliphatic heterocycles. The Morgan fingerprint density at radius 2 is 1.79 bits per heavy atom. The average Bonchev–Trinajstić information content (AvgIpc) is 3.05. The number of aromatic nitrogens is 5.